The maximum Gasteiger partial charge on any atom is 0.573 e. The molecule has 0 aliphatic heterocycles. The van der Waals surface area contributed by atoms with Crippen molar-refractivity contribution in [3.8, 4) is 11.6 Å². The van der Waals surface area contributed by atoms with E-state index in [0.717, 1.165) is 6.07 Å². The van der Waals surface area contributed by atoms with Crippen molar-refractivity contribution in [3.05, 3.63) is 18.3 Å². The molecule has 5 nitrogen and oxygen atoms in total. The molecule has 0 N–H and O–H groups in total. The molecule has 0 spiro atoms. The van der Waals surface area contributed by atoms with Crippen LogP contribution >= 0.6 is 0 Å². The first-order chi connectivity index (χ1) is 8.83. The molecule has 1 atom stereocenters. The molecular formula is C11H12F3NO4. The SMILES string of the molecule is COC(=O)C(C)COc1ncccc1OC(F)(F)F. The third-order valence-corrected chi connectivity index (χ3v) is 2.04. The average Bonchev–Trinajstić information content (AvgIpc) is 2.34. The number of carbonyl (C=O) groups excluding carboxylic acids is 1. The summed E-state index contributed by atoms with van der Waals surface area (Å²) in [6.07, 6.45) is -3.59. The Morgan fingerprint density at radius 1 is 1.47 bits per heavy atom. The van der Waals surface area contributed by atoms with Crippen LogP contribution in [0.5, 0.6) is 11.6 Å². The van der Waals surface area contributed by atoms with Crippen molar-refractivity contribution in [2.45, 2.75) is 13.3 Å². The minimum atomic E-state index is -4.84. The normalized spacial score (nSPS) is 12.7. The van der Waals surface area contributed by atoms with E-state index in [9.17, 15) is 18.0 Å². The average molecular weight is 279 g/mol. The van der Waals surface area contributed by atoms with Crippen molar-refractivity contribution in [3.63, 3.8) is 0 Å². The molecule has 0 bridgehead atoms. The van der Waals surface area contributed by atoms with Gasteiger partial charge in [-0.3, -0.25) is 4.79 Å². The smallest absolute Gasteiger partial charge is 0.474 e. The van der Waals surface area contributed by atoms with Crippen LogP contribution < -0.4 is 9.47 Å². The Morgan fingerprint density at radius 2 is 2.16 bits per heavy atom. The van der Waals surface area contributed by atoms with E-state index in [1.54, 1.807) is 0 Å². The molecule has 0 radical (unpaired) electrons. The van der Waals surface area contributed by atoms with E-state index < -0.39 is 24.0 Å². The molecule has 1 aromatic rings. The van der Waals surface area contributed by atoms with Gasteiger partial charge in [-0.2, -0.15) is 0 Å². The summed E-state index contributed by atoms with van der Waals surface area (Å²) in [5, 5.41) is 0. The summed E-state index contributed by atoms with van der Waals surface area (Å²) in [6, 6.07) is 2.34. The molecule has 0 aliphatic rings. The number of hydrogen-bond acceptors (Lipinski definition) is 5. The number of methoxy groups -OCH3 is 1. The Balaban J connectivity index is 2.70. The minimum Gasteiger partial charge on any atom is -0.474 e. The Labute approximate surface area is 107 Å². The maximum atomic E-state index is 12.1. The number of nitrogens with zero attached hydrogens (tertiary/aromatic N) is 1. The fraction of sp³-hybridized carbons (Fsp3) is 0.455. The molecule has 0 fully saturated rings. The fourth-order valence-corrected chi connectivity index (χ4v) is 1.16. The van der Waals surface area contributed by atoms with Gasteiger partial charge in [-0.05, 0) is 19.1 Å². The minimum absolute atomic E-state index is 0.169. The monoisotopic (exact) mass is 279 g/mol. The number of carbonyl (C=O) groups is 1. The van der Waals surface area contributed by atoms with Crippen LogP contribution in [0.25, 0.3) is 0 Å². The van der Waals surface area contributed by atoms with E-state index in [1.807, 2.05) is 0 Å². The molecule has 0 saturated carbocycles. The highest BCUT2D eigenvalue weighted by molar-refractivity contribution is 5.71. The van der Waals surface area contributed by atoms with E-state index in [-0.39, 0.29) is 12.5 Å². The number of rotatable bonds is 5. The molecular weight excluding hydrogens is 267 g/mol. The van der Waals surface area contributed by atoms with E-state index in [4.69, 9.17) is 4.74 Å². The standard InChI is InChI=1S/C11H12F3NO4/c1-7(10(16)17-2)6-18-9-8(4-3-5-15-9)19-11(12,13)14/h3-5,7H,6H2,1-2H3. The second kappa shape index (κ2) is 6.26. The first kappa shape index (κ1) is 15.1. The summed E-state index contributed by atoms with van der Waals surface area (Å²) in [7, 11) is 1.21. The van der Waals surface area contributed by atoms with Crippen LogP contribution in [0.2, 0.25) is 0 Å². The van der Waals surface area contributed by atoms with Crippen LogP contribution in [0, 0.1) is 5.92 Å². The number of hydrogen-bond donors (Lipinski definition) is 0. The molecule has 106 valence electrons. The Hall–Kier alpha value is -1.99. The third kappa shape index (κ3) is 5.02. The zero-order valence-corrected chi connectivity index (χ0v) is 10.2. The molecule has 1 unspecified atom stereocenters. The number of alkyl halides is 3. The van der Waals surface area contributed by atoms with Gasteiger partial charge in [-0.1, -0.05) is 0 Å². The summed E-state index contributed by atoms with van der Waals surface area (Å²) in [5.41, 5.74) is 0. The van der Waals surface area contributed by atoms with Gasteiger partial charge in [0.2, 0.25) is 0 Å². The van der Waals surface area contributed by atoms with Gasteiger partial charge >= 0.3 is 12.3 Å². The summed E-state index contributed by atoms with van der Waals surface area (Å²) in [5.74, 6) is -2.07. The van der Waals surface area contributed by atoms with Gasteiger partial charge in [-0.15, -0.1) is 13.2 Å². The highest BCUT2D eigenvalue weighted by atomic mass is 19.4. The highest BCUT2D eigenvalue weighted by Gasteiger charge is 2.33. The van der Waals surface area contributed by atoms with Gasteiger partial charge in [0.15, 0.2) is 5.75 Å². The molecule has 0 aliphatic carbocycles. The highest BCUT2D eigenvalue weighted by Crippen LogP contribution is 2.30. The number of aromatic nitrogens is 1. The van der Waals surface area contributed by atoms with Crippen molar-refractivity contribution >= 4 is 5.97 Å². The number of esters is 1. The van der Waals surface area contributed by atoms with E-state index in [2.05, 4.69) is 14.5 Å². The van der Waals surface area contributed by atoms with Crippen LogP contribution in [0.1, 0.15) is 6.92 Å². The zero-order chi connectivity index (χ0) is 14.5. The van der Waals surface area contributed by atoms with Gasteiger partial charge in [0.05, 0.1) is 13.0 Å². The van der Waals surface area contributed by atoms with Crippen molar-refractivity contribution in [1.29, 1.82) is 0 Å². The summed E-state index contributed by atoms with van der Waals surface area (Å²) in [4.78, 5) is 14.7. The number of halogens is 3. The molecule has 0 saturated heterocycles. The van der Waals surface area contributed by atoms with Crippen LogP contribution in [0.15, 0.2) is 18.3 Å². The molecule has 0 aromatic carbocycles. The second-order valence-electron chi connectivity index (χ2n) is 3.59. The maximum absolute atomic E-state index is 12.1. The lowest BCUT2D eigenvalue weighted by molar-refractivity contribution is -0.275. The first-order valence-corrected chi connectivity index (χ1v) is 5.25. The van der Waals surface area contributed by atoms with Crippen molar-refractivity contribution in [1.82, 2.24) is 4.98 Å². The van der Waals surface area contributed by atoms with Crippen LogP contribution in [0.3, 0.4) is 0 Å². The van der Waals surface area contributed by atoms with Crippen LogP contribution in [0.4, 0.5) is 13.2 Å². The number of ether oxygens (including phenoxy) is 3. The molecule has 0 amide bonds. The van der Waals surface area contributed by atoms with Crippen molar-refractivity contribution in [2.24, 2.45) is 5.92 Å². The van der Waals surface area contributed by atoms with Gasteiger partial charge < -0.3 is 14.2 Å². The molecule has 1 heterocycles. The van der Waals surface area contributed by atoms with Gasteiger partial charge in [-0.25, -0.2) is 4.98 Å². The van der Waals surface area contributed by atoms with Gasteiger partial charge in [0, 0.05) is 6.20 Å². The molecule has 1 rings (SSSR count). The van der Waals surface area contributed by atoms with E-state index in [0.29, 0.717) is 0 Å². The topological polar surface area (TPSA) is 57.7 Å². The van der Waals surface area contributed by atoms with Gasteiger partial charge in [0.25, 0.3) is 5.88 Å². The molecule has 19 heavy (non-hydrogen) atoms. The summed E-state index contributed by atoms with van der Waals surface area (Å²) >= 11 is 0. The van der Waals surface area contributed by atoms with Crippen molar-refractivity contribution in [2.75, 3.05) is 13.7 Å². The number of pyridine rings is 1. The zero-order valence-electron chi connectivity index (χ0n) is 10.2. The molecule has 8 heteroatoms. The van der Waals surface area contributed by atoms with E-state index in [1.165, 1.54) is 26.3 Å². The lowest BCUT2D eigenvalue weighted by atomic mass is 10.2. The Bertz CT molecular complexity index is 436. The second-order valence-corrected chi connectivity index (χ2v) is 3.59. The fourth-order valence-electron chi connectivity index (χ4n) is 1.16. The van der Waals surface area contributed by atoms with Crippen LogP contribution in [-0.2, 0) is 9.53 Å². The predicted octanol–water partition coefficient (Wildman–Crippen LogP) is 2.17. The van der Waals surface area contributed by atoms with E-state index >= 15 is 0 Å². The Kier molecular flexibility index (Phi) is 4.96. The third-order valence-electron chi connectivity index (χ3n) is 2.04. The first-order valence-electron chi connectivity index (χ1n) is 5.25. The lowest BCUT2D eigenvalue weighted by Gasteiger charge is -2.14. The lowest BCUT2D eigenvalue weighted by Crippen LogP contribution is -2.21. The quantitative estimate of drug-likeness (QED) is 0.773. The van der Waals surface area contributed by atoms with Crippen LogP contribution in [-0.4, -0.2) is 31.0 Å². The molecule has 1 aromatic heterocycles. The summed E-state index contributed by atoms with van der Waals surface area (Å²) < 4.78 is 49.6. The Morgan fingerprint density at radius 3 is 2.74 bits per heavy atom. The largest absolute Gasteiger partial charge is 0.573 e. The van der Waals surface area contributed by atoms with Crippen molar-refractivity contribution < 1.29 is 32.2 Å². The van der Waals surface area contributed by atoms with Gasteiger partial charge in [0.1, 0.15) is 6.61 Å². The summed E-state index contributed by atoms with van der Waals surface area (Å²) in [6.45, 7) is 1.34. The predicted molar refractivity (Wildman–Crippen MR) is 57.6 cm³/mol.